The minimum Gasteiger partial charge on any atom is -0.366 e. The standard InChI is InChI=1S/C16H21N5/c1-10-8-13-14(9-18-10)20-15(11-4-6-17-7-5-11)16(21-13)19-12-2-3-12/h8-9,11-12,17H,2-7H2,1H3,(H,19,21). The second-order valence-corrected chi connectivity index (χ2v) is 6.21. The van der Waals surface area contributed by atoms with Gasteiger partial charge in [0.25, 0.3) is 0 Å². The highest BCUT2D eigenvalue weighted by molar-refractivity contribution is 5.76. The average molecular weight is 283 g/mol. The number of nitrogens with zero attached hydrogens (tertiary/aromatic N) is 3. The number of pyridine rings is 1. The molecule has 2 N–H and O–H groups in total. The molecule has 2 fully saturated rings. The summed E-state index contributed by atoms with van der Waals surface area (Å²) in [5.41, 5.74) is 3.99. The Morgan fingerprint density at radius 2 is 1.90 bits per heavy atom. The van der Waals surface area contributed by atoms with Crippen LogP contribution in [-0.2, 0) is 0 Å². The first kappa shape index (κ1) is 13.0. The zero-order valence-corrected chi connectivity index (χ0v) is 12.4. The van der Waals surface area contributed by atoms with Crippen molar-refractivity contribution in [2.45, 2.75) is 44.6 Å². The summed E-state index contributed by atoms with van der Waals surface area (Å²) in [6.07, 6.45) is 6.63. The molecular formula is C16H21N5. The molecule has 5 heteroatoms. The molecule has 0 amide bonds. The molecule has 21 heavy (non-hydrogen) atoms. The van der Waals surface area contributed by atoms with Crippen LogP contribution in [0.4, 0.5) is 5.82 Å². The van der Waals surface area contributed by atoms with Crippen molar-refractivity contribution in [3.63, 3.8) is 0 Å². The molecule has 4 rings (SSSR count). The van der Waals surface area contributed by atoms with Crippen molar-refractivity contribution in [2.75, 3.05) is 18.4 Å². The predicted octanol–water partition coefficient (Wildman–Crippen LogP) is 2.37. The molecule has 3 heterocycles. The van der Waals surface area contributed by atoms with Gasteiger partial charge in [0.15, 0.2) is 0 Å². The highest BCUT2D eigenvalue weighted by atomic mass is 15.1. The highest BCUT2D eigenvalue weighted by Crippen LogP contribution is 2.33. The maximum atomic E-state index is 4.91. The Balaban J connectivity index is 1.78. The Morgan fingerprint density at radius 3 is 2.67 bits per heavy atom. The zero-order valence-electron chi connectivity index (χ0n) is 12.4. The molecule has 1 aliphatic carbocycles. The van der Waals surface area contributed by atoms with Gasteiger partial charge in [0.2, 0.25) is 0 Å². The van der Waals surface area contributed by atoms with Crippen molar-refractivity contribution in [3.05, 3.63) is 23.7 Å². The molecule has 0 unspecified atom stereocenters. The van der Waals surface area contributed by atoms with Crippen molar-refractivity contribution in [2.24, 2.45) is 0 Å². The number of anilines is 1. The van der Waals surface area contributed by atoms with Crippen LogP contribution in [0.5, 0.6) is 0 Å². The van der Waals surface area contributed by atoms with Gasteiger partial charge in [0.1, 0.15) is 11.3 Å². The van der Waals surface area contributed by atoms with Crippen LogP contribution in [-0.4, -0.2) is 34.1 Å². The Morgan fingerprint density at radius 1 is 1.10 bits per heavy atom. The zero-order chi connectivity index (χ0) is 14.2. The molecule has 0 atom stereocenters. The SMILES string of the molecule is Cc1cc2nc(NC3CC3)c(C3CCNCC3)nc2cn1. The van der Waals surface area contributed by atoms with E-state index in [4.69, 9.17) is 9.97 Å². The van der Waals surface area contributed by atoms with Crippen molar-refractivity contribution < 1.29 is 0 Å². The quantitative estimate of drug-likeness (QED) is 0.905. The maximum absolute atomic E-state index is 4.91. The summed E-state index contributed by atoms with van der Waals surface area (Å²) >= 11 is 0. The van der Waals surface area contributed by atoms with Crippen molar-refractivity contribution in [3.8, 4) is 0 Å². The molecular weight excluding hydrogens is 262 g/mol. The van der Waals surface area contributed by atoms with Gasteiger partial charge in [0.05, 0.1) is 17.4 Å². The third kappa shape index (κ3) is 2.70. The fourth-order valence-electron chi connectivity index (χ4n) is 2.98. The predicted molar refractivity (Wildman–Crippen MR) is 83.6 cm³/mol. The summed E-state index contributed by atoms with van der Waals surface area (Å²) in [7, 11) is 0. The van der Waals surface area contributed by atoms with E-state index >= 15 is 0 Å². The Hall–Kier alpha value is -1.75. The second-order valence-electron chi connectivity index (χ2n) is 6.21. The first-order valence-corrected chi connectivity index (χ1v) is 7.91. The van der Waals surface area contributed by atoms with Crippen LogP contribution >= 0.6 is 0 Å². The molecule has 2 aromatic heterocycles. The van der Waals surface area contributed by atoms with E-state index in [-0.39, 0.29) is 0 Å². The van der Waals surface area contributed by atoms with Gasteiger partial charge in [-0.15, -0.1) is 0 Å². The lowest BCUT2D eigenvalue weighted by Gasteiger charge is -2.24. The molecule has 1 aliphatic heterocycles. The largest absolute Gasteiger partial charge is 0.366 e. The van der Waals surface area contributed by atoms with E-state index in [1.54, 1.807) is 0 Å². The number of piperidine rings is 1. The monoisotopic (exact) mass is 283 g/mol. The minimum absolute atomic E-state index is 0.505. The van der Waals surface area contributed by atoms with E-state index in [0.29, 0.717) is 12.0 Å². The van der Waals surface area contributed by atoms with Crippen LogP contribution in [0, 0.1) is 6.92 Å². The van der Waals surface area contributed by atoms with E-state index in [9.17, 15) is 0 Å². The molecule has 5 nitrogen and oxygen atoms in total. The Labute approximate surface area is 124 Å². The maximum Gasteiger partial charge on any atom is 0.149 e. The van der Waals surface area contributed by atoms with E-state index in [2.05, 4.69) is 15.6 Å². The number of aryl methyl sites for hydroxylation is 1. The Kier molecular flexibility index (Phi) is 3.22. The molecule has 2 aliphatic rings. The third-order valence-corrected chi connectivity index (χ3v) is 4.36. The number of fused-ring (bicyclic) bond motifs is 1. The van der Waals surface area contributed by atoms with E-state index in [0.717, 1.165) is 54.2 Å². The summed E-state index contributed by atoms with van der Waals surface area (Å²) in [5, 5.41) is 7.00. The molecule has 2 aromatic rings. The average Bonchev–Trinajstić information content (AvgIpc) is 3.31. The fourth-order valence-corrected chi connectivity index (χ4v) is 2.98. The lowest BCUT2D eigenvalue weighted by atomic mass is 9.94. The lowest BCUT2D eigenvalue weighted by Crippen LogP contribution is -2.28. The van der Waals surface area contributed by atoms with Gasteiger partial charge in [-0.25, -0.2) is 9.97 Å². The van der Waals surface area contributed by atoms with Gasteiger partial charge < -0.3 is 10.6 Å². The first-order chi connectivity index (χ1) is 10.3. The molecule has 0 spiro atoms. The summed E-state index contributed by atoms with van der Waals surface area (Å²) in [6, 6.07) is 2.62. The molecule has 0 radical (unpaired) electrons. The summed E-state index contributed by atoms with van der Waals surface area (Å²) < 4.78 is 0. The van der Waals surface area contributed by atoms with Gasteiger partial charge in [-0.3, -0.25) is 4.98 Å². The normalized spacial score (nSPS) is 19.9. The number of hydrogen-bond acceptors (Lipinski definition) is 5. The molecule has 1 saturated heterocycles. The van der Waals surface area contributed by atoms with Gasteiger partial charge in [-0.1, -0.05) is 0 Å². The van der Waals surface area contributed by atoms with Crippen LogP contribution < -0.4 is 10.6 Å². The minimum atomic E-state index is 0.505. The Bertz CT molecular complexity index is 659. The van der Waals surface area contributed by atoms with E-state index in [1.807, 2.05) is 19.2 Å². The highest BCUT2D eigenvalue weighted by Gasteiger charge is 2.26. The van der Waals surface area contributed by atoms with Crippen LogP contribution in [0.1, 0.15) is 43.0 Å². The fraction of sp³-hybridized carbons (Fsp3) is 0.562. The third-order valence-electron chi connectivity index (χ3n) is 4.36. The molecule has 0 bridgehead atoms. The molecule has 0 aromatic carbocycles. The summed E-state index contributed by atoms with van der Waals surface area (Å²) in [5.74, 6) is 1.51. The van der Waals surface area contributed by atoms with Crippen molar-refractivity contribution in [1.82, 2.24) is 20.3 Å². The van der Waals surface area contributed by atoms with Gasteiger partial charge >= 0.3 is 0 Å². The molecule has 1 saturated carbocycles. The van der Waals surface area contributed by atoms with E-state index < -0.39 is 0 Å². The van der Waals surface area contributed by atoms with Gasteiger partial charge in [-0.05, 0) is 51.8 Å². The van der Waals surface area contributed by atoms with Crippen molar-refractivity contribution in [1.29, 1.82) is 0 Å². The van der Waals surface area contributed by atoms with Gasteiger partial charge in [-0.2, -0.15) is 0 Å². The topological polar surface area (TPSA) is 62.7 Å². The van der Waals surface area contributed by atoms with Gasteiger partial charge in [0, 0.05) is 17.7 Å². The van der Waals surface area contributed by atoms with Crippen LogP contribution in [0.15, 0.2) is 12.3 Å². The van der Waals surface area contributed by atoms with Crippen LogP contribution in [0.2, 0.25) is 0 Å². The smallest absolute Gasteiger partial charge is 0.149 e. The van der Waals surface area contributed by atoms with E-state index in [1.165, 1.54) is 12.8 Å². The first-order valence-electron chi connectivity index (χ1n) is 7.91. The molecule has 110 valence electrons. The number of rotatable bonds is 3. The summed E-state index contributed by atoms with van der Waals surface area (Å²) in [4.78, 5) is 14.1. The second kappa shape index (κ2) is 5.22. The van der Waals surface area contributed by atoms with Crippen LogP contribution in [0.25, 0.3) is 11.0 Å². The number of aromatic nitrogens is 3. The summed E-state index contributed by atoms with van der Waals surface area (Å²) in [6.45, 7) is 4.13. The number of hydrogen-bond donors (Lipinski definition) is 2. The number of nitrogens with one attached hydrogen (secondary N) is 2. The van der Waals surface area contributed by atoms with Crippen molar-refractivity contribution >= 4 is 16.9 Å². The van der Waals surface area contributed by atoms with Crippen LogP contribution in [0.3, 0.4) is 0 Å². The lowest BCUT2D eigenvalue weighted by molar-refractivity contribution is 0.454.